The van der Waals surface area contributed by atoms with E-state index in [9.17, 15) is 4.79 Å². The molecule has 0 aliphatic heterocycles. The third kappa shape index (κ3) is 2.76. The van der Waals surface area contributed by atoms with E-state index in [-0.39, 0.29) is 0 Å². The van der Waals surface area contributed by atoms with Crippen molar-refractivity contribution < 1.29 is 14.3 Å². The number of fused-ring (bicyclic) bond motifs is 1. The fourth-order valence-corrected chi connectivity index (χ4v) is 2.28. The number of nitrogens with zero attached hydrogens (tertiary/aromatic N) is 1. The van der Waals surface area contributed by atoms with Crippen molar-refractivity contribution in [3.05, 3.63) is 65.9 Å². The molecule has 22 heavy (non-hydrogen) atoms. The Kier molecular flexibility index (Phi) is 3.74. The first-order valence-corrected chi connectivity index (χ1v) is 6.90. The molecule has 110 valence electrons. The van der Waals surface area contributed by atoms with Crippen LogP contribution in [0, 0.1) is 6.92 Å². The fraction of sp³-hybridized carbons (Fsp3) is 0.111. The Morgan fingerprint density at radius 2 is 1.68 bits per heavy atom. The summed E-state index contributed by atoms with van der Waals surface area (Å²) in [4.78, 5) is 16.9. The molecule has 1 aromatic heterocycles. The molecule has 0 aliphatic carbocycles. The predicted molar refractivity (Wildman–Crippen MR) is 84.4 cm³/mol. The van der Waals surface area contributed by atoms with Gasteiger partial charge in [0.1, 0.15) is 11.5 Å². The van der Waals surface area contributed by atoms with E-state index in [1.54, 1.807) is 37.4 Å². The van der Waals surface area contributed by atoms with Gasteiger partial charge in [-0.15, -0.1) is 0 Å². The smallest absolute Gasteiger partial charge is 0.344 e. The maximum Gasteiger partial charge on any atom is 0.344 e. The first kappa shape index (κ1) is 14.1. The Hall–Kier alpha value is -2.88. The number of aryl methyl sites for hydroxylation is 1. The zero-order valence-electron chi connectivity index (χ0n) is 12.4. The van der Waals surface area contributed by atoms with Gasteiger partial charge in [0.25, 0.3) is 0 Å². The maximum absolute atomic E-state index is 12.5. The minimum absolute atomic E-state index is 0.396. The standard InChI is InChI=1S/C18H15NO3/c1-12-11-16(15-5-3-4-6-17(15)19-12)18(20)22-14-9-7-13(21-2)8-10-14/h3-11H,1-2H3. The summed E-state index contributed by atoms with van der Waals surface area (Å²) in [5.74, 6) is 0.793. The highest BCUT2D eigenvalue weighted by Gasteiger charge is 2.14. The molecule has 0 aliphatic rings. The predicted octanol–water partition coefficient (Wildman–Crippen LogP) is 3.77. The maximum atomic E-state index is 12.5. The summed E-state index contributed by atoms with van der Waals surface area (Å²) >= 11 is 0. The number of ether oxygens (including phenoxy) is 2. The second-order valence-electron chi connectivity index (χ2n) is 4.89. The fourth-order valence-electron chi connectivity index (χ4n) is 2.28. The average molecular weight is 293 g/mol. The van der Waals surface area contributed by atoms with E-state index in [1.807, 2.05) is 31.2 Å². The van der Waals surface area contributed by atoms with E-state index in [0.29, 0.717) is 17.1 Å². The number of hydrogen-bond acceptors (Lipinski definition) is 4. The molecule has 0 saturated carbocycles. The van der Waals surface area contributed by atoms with Crippen LogP contribution in [0.1, 0.15) is 16.1 Å². The van der Waals surface area contributed by atoms with Gasteiger partial charge in [0.2, 0.25) is 0 Å². The molecule has 0 radical (unpaired) electrons. The summed E-state index contributed by atoms with van der Waals surface area (Å²) in [5, 5.41) is 0.784. The van der Waals surface area contributed by atoms with Crippen molar-refractivity contribution in [1.29, 1.82) is 0 Å². The van der Waals surface area contributed by atoms with Gasteiger partial charge in [-0.25, -0.2) is 4.79 Å². The van der Waals surface area contributed by atoms with Gasteiger partial charge in [0.15, 0.2) is 0 Å². The number of pyridine rings is 1. The van der Waals surface area contributed by atoms with E-state index in [2.05, 4.69) is 4.98 Å². The zero-order valence-corrected chi connectivity index (χ0v) is 12.4. The van der Waals surface area contributed by atoms with Gasteiger partial charge < -0.3 is 9.47 Å². The van der Waals surface area contributed by atoms with Gasteiger partial charge in [0, 0.05) is 11.1 Å². The van der Waals surface area contributed by atoms with Crippen LogP contribution in [-0.2, 0) is 0 Å². The molecule has 1 heterocycles. The van der Waals surface area contributed by atoms with Gasteiger partial charge in [-0.3, -0.25) is 4.98 Å². The molecule has 0 fully saturated rings. The van der Waals surface area contributed by atoms with Crippen molar-refractivity contribution in [3.8, 4) is 11.5 Å². The summed E-state index contributed by atoms with van der Waals surface area (Å²) in [7, 11) is 1.59. The van der Waals surface area contributed by atoms with Gasteiger partial charge in [-0.05, 0) is 43.3 Å². The van der Waals surface area contributed by atoms with Crippen LogP contribution in [0.3, 0.4) is 0 Å². The van der Waals surface area contributed by atoms with Crippen LogP contribution < -0.4 is 9.47 Å². The minimum Gasteiger partial charge on any atom is -0.497 e. The molecule has 0 N–H and O–H groups in total. The van der Waals surface area contributed by atoms with Crippen LogP contribution in [-0.4, -0.2) is 18.1 Å². The molecule has 0 atom stereocenters. The molecule has 0 amide bonds. The lowest BCUT2D eigenvalue weighted by atomic mass is 10.1. The van der Waals surface area contributed by atoms with Crippen molar-refractivity contribution in [2.45, 2.75) is 6.92 Å². The van der Waals surface area contributed by atoms with Crippen LogP contribution in [0.5, 0.6) is 11.5 Å². The number of rotatable bonds is 3. The Morgan fingerprint density at radius 3 is 2.41 bits per heavy atom. The van der Waals surface area contributed by atoms with Crippen LogP contribution in [0.2, 0.25) is 0 Å². The van der Waals surface area contributed by atoms with Crippen molar-refractivity contribution in [2.24, 2.45) is 0 Å². The van der Waals surface area contributed by atoms with Crippen molar-refractivity contribution in [1.82, 2.24) is 4.98 Å². The van der Waals surface area contributed by atoms with E-state index in [0.717, 1.165) is 16.6 Å². The van der Waals surface area contributed by atoms with Crippen LogP contribution in [0.15, 0.2) is 54.6 Å². The van der Waals surface area contributed by atoms with Crippen LogP contribution in [0.4, 0.5) is 0 Å². The molecule has 4 nitrogen and oxygen atoms in total. The molecule has 2 aromatic carbocycles. The number of esters is 1. The quantitative estimate of drug-likeness (QED) is 0.545. The number of aromatic nitrogens is 1. The second-order valence-corrected chi connectivity index (χ2v) is 4.89. The normalized spacial score (nSPS) is 10.5. The van der Waals surface area contributed by atoms with Crippen molar-refractivity contribution in [3.63, 3.8) is 0 Å². The van der Waals surface area contributed by atoms with E-state index < -0.39 is 5.97 Å². The van der Waals surface area contributed by atoms with Gasteiger partial charge in [-0.1, -0.05) is 18.2 Å². The number of hydrogen-bond donors (Lipinski definition) is 0. The topological polar surface area (TPSA) is 48.4 Å². The molecule has 0 spiro atoms. The minimum atomic E-state index is -0.396. The number of benzene rings is 2. The molecule has 0 unspecified atom stereocenters. The van der Waals surface area contributed by atoms with Gasteiger partial charge >= 0.3 is 5.97 Å². The average Bonchev–Trinajstić information content (AvgIpc) is 2.54. The van der Waals surface area contributed by atoms with Crippen molar-refractivity contribution >= 4 is 16.9 Å². The Labute approximate surface area is 128 Å². The first-order valence-electron chi connectivity index (χ1n) is 6.90. The molecule has 0 saturated heterocycles. The molecular formula is C18H15NO3. The lowest BCUT2D eigenvalue weighted by Crippen LogP contribution is -2.10. The monoisotopic (exact) mass is 293 g/mol. The lowest BCUT2D eigenvalue weighted by Gasteiger charge is -2.08. The summed E-state index contributed by atoms with van der Waals surface area (Å²) in [5.41, 5.74) is 2.07. The number of para-hydroxylation sites is 1. The summed E-state index contributed by atoms with van der Waals surface area (Å²) in [6, 6.07) is 16.2. The number of carbonyl (C=O) groups excluding carboxylic acids is 1. The molecule has 3 rings (SSSR count). The zero-order chi connectivity index (χ0) is 15.5. The Balaban J connectivity index is 1.94. The highest BCUT2D eigenvalue weighted by Crippen LogP contribution is 2.22. The van der Waals surface area contributed by atoms with Gasteiger partial charge in [0.05, 0.1) is 18.2 Å². The molecule has 3 aromatic rings. The summed E-state index contributed by atoms with van der Waals surface area (Å²) in [6.45, 7) is 1.86. The summed E-state index contributed by atoms with van der Waals surface area (Å²) < 4.78 is 10.5. The van der Waals surface area contributed by atoms with Crippen molar-refractivity contribution in [2.75, 3.05) is 7.11 Å². The summed E-state index contributed by atoms with van der Waals surface area (Å²) in [6.07, 6.45) is 0. The Morgan fingerprint density at radius 1 is 1.00 bits per heavy atom. The SMILES string of the molecule is COc1ccc(OC(=O)c2cc(C)nc3ccccc23)cc1. The largest absolute Gasteiger partial charge is 0.497 e. The first-order chi connectivity index (χ1) is 10.7. The molecular weight excluding hydrogens is 278 g/mol. The number of methoxy groups -OCH3 is 1. The van der Waals surface area contributed by atoms with E-state index in [4.69, 9.17) is 9.47 Å². The third-order valence-corrected chi connectivity index (χ3v) is 3.33. The highest BCUT2D eigenvalue weighted by molar-refractivity contribution is 6.04. The van der Waals surface area contributed by atoms with Gasteiger partial charge in [-0.2, -0.15) is 0 Å². The van der Waals surface area contributed by atoms with Crippen LogP contribution in [0.25, 0.3) is 10.9 Å². The molecule has 0 bridgehead atoms. The van der Waals surface area contributed by atoms with Crippen LogP contribution >= 0.6 is 0 Å². The van der Waals surface area contributed by atoms with E-state index in [1.165, 1.54) is 0 Å². The Bertz CT molecular complexity index is 825. The lowest BCUT2D eigenvalue weighted by molar-refractivity contribution is 0.0736. The number of carbonyl (C=O) groups is 1. The third-order valence-electron chi connectivity index (χ3n) is 3.33. The highest BCUT2D eigenvalue weighted by atomic mass is 16.5. The van der Waals surface area contributed by atoms with E-state index >= 15 is 0 Å². The second kappa shape index (κ2) is 5.85. The molecule has 4 heteroatoms.